The second kappa shape index (κ2) is 10.8. The molecule has 0 aliphatic carbocycles. The number of benzene rings is 1. The van der Waals surface area contributed by atoms with Crippen LogP contribution in [-0.4, -0.2) is 78.3 Å². The number of rotatable bonds is 8. The minimum Gasteiger partial charge on any atom is -0.495 e. The molecule has 2 aliphatic rings. The summed E-state index contributed by atoms with van der Waals surface area (Å²) < 4.78 is 5.55. The number of hydrogen-bond donors (Lipinski definition) is 1. The lowest BCUT2D eigenvalue weighted by atomic mass is 9.86. The molecule has 4 rings (SSSR count). The molecule has 3 heterocycles. The number of nitrogens with zero attached hydrogens (tertiary/aromatic N) is 4. The van der Waals surface area contributed by atoms with E-state index in [4.69, 9.17) is 4.74 Å². The van der Waals surface area contributed by atoms with E-state index in [-0.39, 0.29) is 6.42 Å². The van der Waals surface area contributed by atoms with Crippen LogP contribution in [0.25, 0.3) is 0 Å². The topological polar surface area (TPSA) is 69.1 Å². The van der Waals surface area contributed by atoms with Crippen LogP contribution in [0.3, 0.4) is 0 Å². The van der Waals surface area contributed by atoms with Crippen LogP contribution in [0.4, 0.5) is 5.69 Å². The number of carbonyl (C=O) groups is 1. The predicted molar refractivity (Wildman–Crippen MR) is 125 cm³/mol. The normalized spacial score (nSPS) is 22.6. The Labute approximate surface area is 190 Å². The van der Waals surface area contributed by atoms with Gasteiger partial charge in [-0.1, -0.05) is 18.2 Å². The number of carboxylic acids is 1. The average molecular weight is 439 g/mol. The van der Waals surface area contributed by atoms with Crippen LogP contribution in [0.15, 0.2) is 48.8 Å². The maximum atomic E-state index is 11.3. The number of pyridine rings is 1. The average Bonchev–Trinajstić information content (AvgIpc) is 2.83. The SMILES string of the molecule is COc1ccccc1N1CCN([C@@H]2CCN(Cc3cccnc3)C[C@@H]2CCC(=O)O)CC1. The van der Waals surface area contributed by atoms with Gasteiger partial charge in [-0.05, 0) is 49.1 Å². The number of carboxylic acid groups (broad SMARTS) is 1. The zero-order chi connectivity index (χ0) is 22.3. The first-order chi connectivity index (χ1) is 15.6. The Bertz CT molecular complexity index is 871. The van der Waals surface area contributed by atoms with Crippen molar-refractivity contribution >= 4 is 11.7 Å². The predicted octanol–water partition coefficient (Wildman–Crippen LogP) is 2.97. The summed E-state index contributed by atoms with van der Waals surface area (Å²) >= 11 is 0. The van der Waals surface area contributed by atoms with E-state index < -0.39 is 5.97 Å². The Morgan fingerprint density at radius 1 is 1.12 bits per heavy atom. The minimum absolute atomic E-state index is 0.239. The van der Waals surface area contributed by atoms with Gasteiger partial charge in [0.05, 0.1) is 12.8 Å². The van der Waals surface area contributed by atoms with Crippen molar-refractivity contribution in [1.82, 2.24) is 14.8 Å². The number of piperazine rings is 1. The molecule has 7 nitrogen and oxygen atoms in total. The summed E-state index contributed by atoms with van der Waals surface area (Å²) in [6.45, 7) is 6.77. The Balaban J connectivity index is 1.38. The molecule has 1 aromatic heterocycles. The molecule has 0 saturated carbocycles. The molecule has 2 saturated heterocycles. The first-order valence-corrected chi connectivity index (χ1v) is 11.6. The van der Waals surface area contributed by atoms with Gasteiger partial charge >= 0.3 is 5.97 Å². The monoisotopic (exact) mass is 438 g/mol. The number of aromatic nitrogens is 1. The van der Waals surface area contributed by atoms with E-state index in [1.54, 1.807) is 13.3 Å². The number of hydrogen-bond acceptors (Lipinski definition) is 6. The van der Waals surface area contributed by atoms with Gasteiger partial charge in [0.25, 0.3) is 0 Å². The molecule has 0 bridgehead atoms. The summed E-state index contributed by atoms with van der Waals surface area (Å²) in [5.41, 5.74) is 2.37. The van der Waals surface area contributed by atoms with Crippen LogP contribution in [0.2, 0.25) is 0 Å². The lowest BCUT2D eigenvalue weighted by molar-refractivity contribution is -0.137. The van der Waals surface area contributed by atoms with Crippen molar-refractivity contribution in [3.8, 4) is 5.75 Å². The number of para-hydroxylation sites is 2. The molecular weight excluding hydrogens is 404 g/mol. The van der Waals surface area contributed by atoms with Crippen LogP contribution >= 0.6 is 0 Å². The van der Waals surface area contributed by atoms with Crippen molar-refractivity contribution in [2.45, 2.75) is 31.8 Å². The van der Waals surface area contributed by atoms with Crippen molar-refractivity contribution in [2.24, 2.45) is 5.92 Å². The van der Waals surface area contributed by atoms with E-state index in [0.717, 1.165) is 70.1 Å². The molecule has 1 aromatic carbocycles. The number of aliphatic carboxylic acids is 1. The van der Waals surface area contributed by atoms with Crippen LogP contribution in [-0.2, 0) is 11.3 Å². The third-order valence-corrected chi connectivity index (χ3v) is 6.85. The molecule has 172 valence electrons. The fourth-order valence-corrected chi connectivity index (χ4v) is 5.25. The van der Waals surface area contributed by atoms with E-state index >= 15 is 0 Å². The highest BCUT2D eigenvalue weighted by Crippen LogP contribution is 2.31. The third kappa shape index (κ3) is 5.58. The lowest BCUT2D eigenvalue weighted by Crippen LogP contribution is -2.56. The fourth-order valence-electron chi connectivity index (χ4n) is 5.25. The number of likely N-dealkylation sites (tertiary alicyclic amines) is 1. The maximum absolute atomic E-state index is 11.3. The standard InChI is InChI=1S/C25H34N4O3/c1-32-24-7-3-2-6-23(24)29-15-13-28(14-16-29)22-10-12-27(18-20-5-4-11-26-17-20)19-21(22)8-9-25(30)31/h2-7,11,17,21-22H,8-10,12-16,18-19H2,1H3,(H,30,31)/t21-,22+/m0/s1. The molecule has 1 N–H and O–H groups in total. The number of methoxy groups -OCH3 is 1. The van der Waals surface area contributed by atoms with Gasteiger partial charge in [-0.2, -0.15) is 0 Å². The summed E-state index contributed by atoms with van der Waals surface area (Å²) in [6, 6.07) is 12.7. The smallest absolute Gasteiger partial charge is 0.303 e. The Kier molecular flexibility index (Phi) is 7.60. The fraction of sp³-hybridized carbons (Fsp3) is 0.520. The van der Waals surface area contributed by atoms with Gasteiger partial charge in [-0.15, -0.1) is 0 Å². The number of piperidine rings is 1. The summed E-state index contributed by atoms with van der Waals surface area (Å²) in [6.07, 6.45) is 5.78. The van der Waals surface area contributed by atoms with Crippen molar-refractivity contribution < 1.29 is 14.6 Å². The van der Waals surface area contributed by atoms with Gasteiger partial charge in [0.1, 0.15) is 5.75 Å². The van der Waals surface area contributed by atoms with Crippen molar-refractivity contribution in [2.75, 3.05) is 51.3 Å². The van der Waals surface area contributed by atoms with Crippen LogP contribution in [0.1, 0.15) is 24.8 Å². The molecular formula is C25H34N4O3. The van der Waals surface area contributed by atoms with E-state index in [0.29, 0.717) is 12.0 Å². The molecule has 0 radical (unpaired) electrons. The molecule has 2 atom stereocenters. The highest BCUT2D eigenvalue weighted by molar-refractivity contribution is 5.66. The number of ether oxygens (including phenoxy) is 1. The molecule has 32 heavy (non-hydrogen) atoms. The molecule has 2 aromatic rings. The van der Waals surface area contributed by atoms with Crippen LogP contribution in [0.5, 0.6) is 5.75 Å². The summed E-state index contributed by atoms with van der Waals surface area (Å²) in [4.78, 5) is 23.0. The highest BCUT2D eigenvalue weighted by atomic mass is 16.5. The van der Waals surface area contributed by atoms with E-state index in [9.17, 15) is 9.90 Å². The minimum atomic E-state index is -0.700. The number of anilines is 1. The zero-order valence-corrected chi connectivity index (χ0v) is 18.9. The molecule has 0 spiro atoms. The molecule has 2 aliphatic heterocycles. The molecule has 7 heteroatoms. The zero-order valence-electron chi connectivity index (χ0n) is 18.9. The second-order valence-electron chi connectivity index (χ2n) is 8.84. The summed E-state index contributed by atoms with van der Waals surface area (Å²) in [5.74, 6) is 0.590. The summed E-state index contributed by atoms with van der Waals surface area (Å²) in [5, 5.41) is 9.30. The van der Waals surface area contributed by atoms with Gasteiger partial charge < -0.3 is 14.7 Å². The van der Waals surface area contributed by atoms with Crippen molar-refractivity contribution in [3.63, 3.8) is 0 Å². The van der Waals surface area contributed by atoms with Crippen molar-refractivity contribution in [3.05, 3.63) is 54.4 Å². The first-order valence-electron chi connectivity index (χ1n) is 11.6. The van der Waals surface area contributed by atoms with E-state index in [1.165, 1.54) is 5.56 Å². The Morgan fingerprint density at radius 3 is 2.66 bits per heavy atom. The Hall–Kier alpha value is -2.64. The van der Waals surface area contributed by atoms with Gasteiger partial charge in [0.2, 0.25) is 0 Å². The maximum Gasteiger partial charge on any atom is 0.303 e. The highest BCUT2D eigenvalue weighted by Gasteiger charge is 2.35. The first kappa shape index (κ1) is 22.6. The lowest BCUT2D eigenvalue weighted by Gasteiger charge is -2.47. The Morgan fingerprint density at radius 2 is 1.94 bits per heavy atom. The quantitative estimate of drug-likeness (QED) is 0.680. The van der Waals surface area contributed by atoms with Gasteiger partial charge in [0.15, 0.2) is 0 Å². The molecule has 0 amide bonds. The third-order valence-electron chi connectivity index (χ3n) is 6.85. The largest absolute Gasteiger partial charge is 0.495 e. The molecule has 2 fully saturated rings. The van der Waals surface area contributed by atoms with E-state index in [1.807, 2.05) is 24.4 Å². The van der Waals surface area contributed by atoms with Crippen LogP contribution in [0, 0.1) is 5.92 Å². The van der Waals surface area contributed by atoms with Gasteiger partial charge in [-0.3, -0.25) is 19.6 Å². The van der Waals surface area contributed by atoms with Gasteiger partial charge in [0, 0.05) is 64.1 Å². The second-order valence-corrected chi connectivity index (χ2v) is 8.84. The van der Waals surface area contributed by atoms with E-state index in [2.05, 4.69) is 37.9 Å². The van der Waals surface area contributed by atoms with Gasteiger partial charge in [-0.25, -0.2) is 0 Å². The van der Waals surface area contributed by atoms with Crippen molar-refractivity contribution in [1.29, 1.82) is 0 Å². The van der Waals surface area contributed by atoms with Crippen LogP contribution < -0.4 is 9.64 Å². The molecule has 0 unspecified atom stereocenters. The summed E-state index contributed by atoms with van der Waals surface area (Å²) in [7, 11) is 1.72.